The summed E-state index contributed by atoms with van der Waals surface area (Å²) in [6.45, 7) is 21.2. The van der Waals surface area contributed by atoms with Gasteiger partial charge < -0.3 is 53.0 Å². The van der Waals surface area contributed by atoms with Crippen molar-refractivity contribution >= 4 is 51.1 Å². The molecule has 0 radical (unpaired) electrons. The van der Waals surface area contributed by atoms with Gasteiger partial charge in [-0.05, 0) is 175 Å². The van der Waals surface area contributed by atoms with Gasteiger partial charge in [0.05, 0.1) is 29.3 Å². The van der Waals surface area contributed by atoms with Gasteiger partial charge in [-0.1, -0.05) is 102 Å². The van der Waals surface area contributed by atoms with Gasteiger partial charge in [-0.15, -0.1) is 0 Å². The molecule has 94 heavy (non-hydrogen) atoms. The highest BCUT2D eigenvalue weighted by Crippen LogP contribution is 2.71. The summed E-state index contributed by atoms with van der Waals surface area (Å²) in [5, 5.41) is 27.0. The van der Waals surface area contributed by atoms with Crippen LogP contribution in [0.4, 0.5) is 0 Å². The number of nitrogens with zero attached hydrogens (tertiary/aromatic N) is 2. The van der Waals surface area contributed by atoms with E-state index in [0.29, 0.717) is 67.9 Å². The first-order valence-electron chi connectivity index (χ1n) is 33.2. The molecule has 6 aromatic rings. The fourth-order valence-electron chi connectivity index (χ4n) is 17.3. The first-order valence-corrected chi connectivity index (χ1v) is 33.2. The van der Waals surface area contributed by atoms with Crippen LogP contribution in [0.25, 0.3) is 27.6 Å². The Labute approximate surface area is 548 Å². The lowest BCUT2D eigenvalue weighted by atomic mass is 9.44. The van der Waals surface area contributed by atoms with Crippen LogP contribution < -0.4 is 18.9 Å². The summed E-state index contributed by atoms with van der Waals surface area (Å²) in [6, 6.07) is 30.4. The molecule has 10 aliphatic rings. The maximum atomic E-state index is 17.5. The van der Waals surface area contributed by atoms with Gasteiger partial charge in [-0.25, -0.2) is 4.79 Å². The lowest BCUT2D eigenvalue weighted by Gasteiger charge is -2.64. The van der Waals surface area contributed by atoms with E-state index in [1.54, 1.807) is 32.9 Å². The molecule has 1 amide bonds. The topological polar surface area (TPSA) is 189 Å². The highest BCUT2D eigenvalue weighted by Gasteiger charge is 2.86. The summed E-state index contributed by atoms with van der Waals surface area (Å²) in [4.78, 5) is 68.6. The van der Waals surface area contributed by atoms with Gasteiger partial charge in [-0.3, -0.25) is 19.3 Å². The molecule has 6 fully saturated rings. The Morgan fingerprint density at radius 1 is 0.734 bits per heavy atom. The Kier molecular flexibility index (Phi) is 15.0. The van der Waals surface area contributed by atoms with Crippen LogP contribution in [-0.2, 0) is 61.1 Å². The minimum absolute atomic E-state index is 0.0388. The number of carbonyl (C=O) groups excluding carboxylic acids is 4. The van der Waals surface area contributed by atoms with Crippen molar-refractivity contribution in [3.8, 4) is 23.0 Å². The van der Waals surface area contributed by atoms with Gasteiger partial charge in [0.1, 0.15) is 52.8 Å². The van der Waals surface area contributed by atoms with Crippen molar-refractivity contribution in [2.75, 3.05) is 6.61 Å². The molecule has 16 nitrogen and oxygen atoms in total. The monoisotopic (exact) mass is 1270 g/mol. The van der Waals surface area contributed by atoms with Gasteiger partial charge in [0.25, 0.3) is 0 Å². The standard InChI is InChI=1S/C78H82N2O14/c1-42(2)16-15-33-76(10)34-32-54-66(92-76)53(30-25-43(3)4)68-60(67(54)90-72(86)47-26-28-52(29-27-47)88-73-65(83)64(82)69-56(89-73)41-87-75(8,9)91-69)63(81)61-62(79-37-48-21-11-17-45-18-12-22-49(38-79)58(45)48)55-36-57-74(6,7)94-77(70(55)84,78(57,61)93-68)35-31-44(5)71(85)80-39-50-23-13-19-46-20-14-24-51(40-80)59(46)50/h11-14,16-29,31-32,34,55-57,61-62,64-65,69,73,82-83H,15,30,33,35-41H2,1-10H3/t55?,56-,57?,61?,62?,64+,65-,69-,73-,76?,77?,78?/m1/s1. The Morgan fingerprint density at radius 3 is 1.99 bits per heavy atom. The molecule has 7 unspecified atom stereocenters. The number of allylic oxidation sites excluding steroid dienone is 4. The summed E-state index contributed by atoms with van der Waals surface area (Å²) < 4.78 is 53.7. The normalized spacial score (nSPS) is 30.5. The van der Waals surface area contributed by atoms with E-state index < -0.39 is 88.7 Å². The predicted octanol–water partition coefficient (Wildman–Crippen LogP) is 12.6. The summed E-state index contributed by atoms with van der Waals surface area (Å²) >= 11 is 0. The molecular weight excluding hydrogens is 1190 g/mol. The van der Waals surface area contributed by atoms with Crippen LogP contribution in [0.15, 0.2) is 138 Å². The minimum atomic E-state index is -1.79. The molecule has 2 N–H and O–H groups in total. The van der Waals surface area contributed by atoms with Gasteiger partial charge in [0, 0.05) is 61.6 Å². The quantitative estimate of drug-likeness (QED) is 0.0480. The van der Waals surface area contributed by atoms with Crippen LogP contribution in [0.5, 0.6) is 23.0 Å². The van der Waals surface area contributed by atoms with E-state index in [4.69, 9.17) is 37.9 Å². The molecule has 3 aliphatic carbocycles. The zero-order chi connectivity index (χ0) is 65.7. The van der Waals surface area contributed by atoms with E-state index in [2.05, 4.69) is 91.6 Å². The van der Waals surface area contributed by atoms with Crippen LogP contribution in [0, 0.1) is 17.8 Å². The highest BCUT2D eigenvalue weighted by atomic mass is 16.8. The smallest absolute Gasteiger partial charge is 0.343 e. The average Bonchev–Trinajstić information content (AvgIpc) is 1.39. The zero-order valence-electron chi connectivity index (χ0n) is 55.1. The van der Waals surface area contributed by atoms with E-state index in [1.807, 2.05) is 69.9 Å². The molecule has 3 saturated heterocycles. The molecule has 488 valence electrons. The number of rotatable bonds is 13. The molecule has 6 aromatic carbocycles. The van der Waals surface area contributed by atoms with Gasteiger partial charge in [0.2, 0.25) is 12.2 Å². The first kappa shape index (κ1) is 62.3. The number of benzene rings is 6. The van der Waals surface area contributed by atoms with Gasteiger partial charge in [-0.2, -0.15) is 0 Å². The third-order valence-corrected chi connectivity index (χ3v) is 21.6. The molecular formula is C78H82N2O14. The lowest BCUT2D eigenvalue weighted by molar-refractivity contribution is -0.373. The minimum Gasteiger partial charge on any atom is -0.482 e. The average molecular weight is 1270 g/mol. The van der Waals surface area contributed by atoms with Gasteiger partial charge in [0.15, 0.2) is 34.3 Å². The second kappa shape index (κ2) is 22.7. The maximum absolute atomic E-state index is 17.5. The van der Waals surface area contributed by atoms with Crippen molar-refractivity contribution in [1.29, 1.82) is 0 Å². The maximum Gasteiger partial charge on any atom is 0.343 e. The fourth-order valence-corrected chi connectivity index (χ4v) is 17.3. The predicted molar refractivity (Wildman–Crippen MR) is 353 cm³/mol. The largest absolute Gasteiger partial charge is 0.482 e. The van der Waals surface area contributed by atoms with Crippen LogP contribution in [0.1, 0.15) is 149 Å². The molecule has 16 heteroatoms. The van der Waals surface area contributed by atoms with Crippen molar-refractivity contribution in [3.63, 3.8) is 0 Å². The van der Waals surface area contributed by atoms with Crippen LogP contribution in [-0.4, -0.2) is 115 Å². The Balaban J connectivity index is 0.865. The zero-order valence-corrected chi connectivity index (χ0v) is 55.1. The van der Waals surface area contributed by atoms with Crippen molar-refractivity contribution in [3.05, 3.63) is 183 Å². The number of fused-ring (bicyclic) bond motifs is 3. The molecule has 16 rings (SSSR count). The van der Waals surface area contributed by atoms with Gasteiger partial charge >= 0.3 is 5.97 Å². The Hall–Kier alpha value is -7.80. The fraction of sp³-hybridized carbons (Fsp3) is 0.436. The summed E-state index contributed by atoms with van der Waals surface area (Å²) in [6.07, 6.45) is 6.11. The first-order chi connectivity index (χ1) is 44.9. The summed E-state index contributed by atoms with van der Waals surface area (Å²) in [7, 11) is 0. The molecule has 1 spiro atoms. The highest BCUT2D eigenvalue weighted by molar-refractivity contribution is 6.11. The third-order valence-electron chi connectivity index (χ3n) is 21.6. The van der Waals surface area contributed by atoms with E-state index >= 15 is 19.2 Å². The molecule has 0 aromatic heterocycles. The van der Waals surface area contributed by atoms with Crippen LogP contribution in [0.3, 0.4) is 0 Å². The number of Topliss-reactive ketones (excluding diaryl/α,β-unsaturated/α-hetero) is 2. The number of amides is 1. The number of ketones is 2. The number of hydrogen-bond acceptors (Lipinski definition) is 15. The molecule has 7 heterocycles. The molecule has 12 atom stereocenters. The summed E-state index contributed by atoms with van der Waals surface area (Å²) in [5.74, 6) is -4.07. The number of hydrogen-bond donors (Lipinski definition) is 2. The SMILES string of the molecule is CC(C)=CCCC1(C)C=Cc2c(c(CC=C(C)C)c3c(c2OC(=O)c2ccc(O[C@@H]4O[C@@H]5COC(C)(C)O[C@H]5[C@@H](O)[C@H]4O)cc2)C(=O)C2C(N4Cc5cccc6cccc(c56)C4)C4CC5C(C)(C)OC(CC=C(C)C(=O)N6Cc7cccc8cccc(c78)C6)(C4=O)C25O3)O1. The Morgan fingerprint density at radius 2 is 1.36 bits per heavy atom. The summed E-state index contributed by atoms with van der Waals surface area (Å²) in [5.41, 5.74) is 2.67. The molecule has 4 bridgehead atoms. The Bertz CT molecular complexity index is 4220. The van der Waals surface area contributed by atoms with E-state index in [9.17, 15) is 10.2 Å². The number of esters is 1. The second-order valence-corrected chi connectivity index (χ2v) is 29.2. The van der Waals surface area contributed by atoms with Crippen molar-refractivity contribution in [1.82, 2.24) is 9.80 Å². The molecule has 7 aliphatic heterocycles. The number of aliphatic hydroxyl groups is 2. The van der Waals surface area contributed by atoms with Crippen molar-refractivity contribution in [2.24, 2.45) is 17.8 Å². The second-order valence-electron chi connectivity index (χ2n) is 29.2. The number of carbonyl (C=O) groups is 4. The third kappa shape index (κ3) is 9.94. The van der Waals surface area contributed by atoms with Crippen LogP contribution in [0.2, 0.25) is 0 Å². The number of aliphatic hydroxyl groups excluding tert-OH is 2. The lowest BCUT2D eigenvalue weighted by Crippen LogP contribution is -2.82. The van der Waals surface area contributed by atoms with Crippen molar-refractivity contribution in [2.45, 2.75) is 192 Å². The van der Waals surface area contributed by atoms with E-state index in [-0.39, 0.29) is 65.3 Å². The van der Waals surface area contributed by atoms with E-state index in [1.165, 1.54) is 23.1 Å². The van der Waals surface area contributed by atoms with Crippen LogP contribution >= 0.6 is 0 Å². The molecule has 3 saturated carbocycles. The van der Waals surface area contributed by atoms with Crippen molar-refractivity contribution < 1.29 is 67.3 Å². The number of ether oxygens (including phenoxy) is 8. The van der Waals surface area contributed by atoms with E-state index in [0.717, 1.165) is 44.0 Å².